The van der Waals surface area contributed by atoms with Crippen molar-refractivity contribution in [2.75, 3.05) is 26.3 Å². The van der Waals surface area contributed by atoms with Gasteiger partial charge in [-0.2, -0.15) is 16.8 Å². The lowest BCUT2D eigenvalue weighted by molar-refractivity contribution is 0.223. The van der Waals surface area contributed by atoms with Gasteiger partial charge < -0.3 is 10.6 Å². The number of hydrogen-bond acceptors (Lipinski definition) is 8. The highest BCUT2D eigenvalue weighted by Gasteiger charge is 2.13. The van der Waals surface area contributed by atoms with Crippen molar-refractivity contribution < 1.29 is 34.3 Å². The molecule has 0 saturated carbocycles. The summed E-state index contributed by atoms with van der Waals surface area (Å²) in [4.78, 5) is 0. The smallest absolute Gasteiger partial charge is 0.310 e. The minimum absolute atomic E-state index is 0.182. The van der Waals surface area contributed by atoms with Crippen LogP contribution in [0.4, 0.5) is 0 Å². The third-order valence-electron chi connectivity index (χ3n) is 2.81. The van der Waals surface area contributed by atoms with Gasteiger partial charge >= 0.3 is 20.8 Å². The fraction of sp³-hybridized carbons (Fsp3) is 1.00. The Labute approximate surface area is 131 Å². The van der Waals surface area contributed by atoms with Gasteiger partial charge in [0.25, 0.3) is 0 Å². The molecule has 0 aliphatic carbocycles. The Morgan fingerprint density at radius 2 is 1.14 bits per heavy atom. The van der Waals surface area contributed by atoms with E-state index in [9.17, 15) is 16.8 Å². The quantitative estimate of drug-likeness (QED) is 0.245. The molecule has 0 spiro atoms. The lowest BCUT2D eigenvalue weighted by Crippen LogP contribution is -2.42. The topological polar surface area (TPSA) is 151 Å². The lowest BCUT2D eigenvalue weighted by Gasteiger charge is -2.19. The highest BCUT2D eigenvalue weighted by atomic mass is 32.3. The van der Waals surface area contributed by atoms with Crippen LogP contribution >= 0.6 is 0 Å². The van der Waals surface area contributed by atoms with Crippen molar-refractivity contribution in [3.63, 3.8) is 0 Å². The number of hydrogen-bond donors (Lipinski definition) is 4. The summed E-state index contributed by atoms with van der Waals surface area (Å²) >= 11 is 0. The zero-order valence-electron chi connectivity index (χ0n) is 12.6. The van der Waals surface area contributed by atoms with E-state index in [0.717, 1.165) is 0 Å². The Hall–Kier alpha value is -0.340. The van der Waals surface area contributed by atoms with Gasteiger partial charge in [0, 0.05) is 25.2 Å². The van der Waals surface area contributed by atoms with Crippen LogP contribution in [0, 0.1) is 0 Å². The molecule has 0 aromatic rings. The summed E-state index contributed by atoms with van der Waals surface area (Å²) in [6.07, 6.45) is 1.19. The second kappa shape index (κ2) is 10.4. The van der Waals surface area contributed by atoms with E-state index in [0.29, 0.717) is 25.9 Å². The standard InChI is InChI=1S/C10H24N2O8S2/c1-3-9(7-19-21(13,14)15)11-5-6-12-10(4-2)8-20-22(16,17)18/h9-12H,3-8H2,1-2H3,(H,13,14,15)(H,16,17,18)/t9-,10+. The van der Waals surface area contributed by atoms with Gasteiger partial charge in [-0.25, -0.2) is 8.37 Å². The molecule has 0 rings (SSSR count). The first kappa shape index (κ1) is 21.7. The van der Waals surface area contributed by atoms with Crippen molar-refractivity contribution in [2.45, 2.75) is 38.8 Å². The number of rotatable bonds is 13. The molecule has 10 nitrogen and oxygen atoms in total. The maximum Gasteiger partial charge on any atom is 0.397 e. The fourth-order valence-electron chi connectivity index (χ4n) is 1.53. The van der Waals surface area contributed by atoms with Gasteiger partial charge in [0.1, 0.15) is 0 Å². The molecule has 12 heteroatoms. The predicted octanol–water partition coefficient (Wildman–Crippen LogP) is -0.638. The average molecular weight is 364 g/mol. The first-order valence-corrected chi connectivity index (χ1v) is 9.50. The SMILES string of the molecule is CC[C@H](COS(=O)(=O)O)NCCN[C@@H](CC)COS(=O)(=O)O. The van der Waals surface area contributed by atoms with Crippen LogP contribution in [0.5, 0.6) is 0 Å². The zero-order valence-corrected chi connectivity index (χ0v) is 14.2. The summed E-state index contributed by atoms with van der Waals surface area (Å²) in [6, 6.07) is -0.504. The minimum atomic E-state index is -4.45. The second-order valence-electron chi connectivity index (χ2n) is 4.54. The Balaban J connectivity index is 3.96. The van der Waals surface area contributed by atoms with Gasteiger partial charge in [-0.1, -0.05) is 13.8 Å². The fourth-order valence-corrected chi connectivity index (χ4v) is 2.20. The van der Waals surface area contributed by atoms with Crippen LogP contribution in [-0.4, -0.2) is 64.3 Å². The predicted molar refractivity (Wildman–Crippen MR) is 79.2 cm³/mol. The average Bonchev–Trinajstić information content (AvgIpc) is 2.39. The molecule has 2 atom stereocenters. The van der Waals surface area contributed by atoms with Crippen LogP contribution in [0.1, 0.15) is 26.7 Å². The van der Waals surface area contributed by atoms with Gasteiger partial charge in [0.05, 0.1) is 13.2 Å². The molecule has 0 aliphatic rings. The second-order valence-corrected chi connectivity index (χ2v) is 6.73. The van der Waals surface area contributed by atoms with E-state index in [1.54, 1.807) is 0 Å². The molecule has 0 aliphatic heterocycles. The first-order valence-electron chi connectivity index (χ1n) is 6.77. The van der Waals surface area contributed by atoms with Crippen LogP contribution in [0.15, 0.2) is 0 Å². The normalized spacial score (nSPS) is 15.6. The van der Waals surface area contributed by atoms with Gasteiger partial charge in [-0.05, 0) is 12.8 Å². The molecule has 0 aromatic heterocycles. The largest absolute Gasteiger partial charge is 0.397 e. The van der Waals surface area contributed by atoms with Gasteiger partial charge in [-0.3, -0.25) is 9.11 Å². The van der Waals surface area contributed by atoms with Crippen molar-refractivity contribution in [2.24, 2.45) is 0 Å². The number of nitrogens with one attached hydrogen (secondary N) is 2. The van der Waals surface area contributed by atoms with Crippen LogP contribution < -0.4 is 10.6 Å². The van der Waals surface area contributed by atoms with Crippen molar-refractivity contribution in [3.8, 4) is 0 Å². The molecule has 0 unspecified atom stereocenters. The van der Waals surface area contributed by atoms with Crippen molar-refractivity contribution in [1.82, 2.24) is 10.6 Å². The van der Waals surface area contributed by atoms with E-state index in [1.807, 2.05) is 13.8 Å². The molecular formula is C10H24N2O8S2. The molecule has 22 heavy (non-hydrogen) atoms. The molecule has 0 fully saturated rings. The third kappa shape index (κ3) is 13.3. The van der Waals surface area contributed by atoms with Crippen molar-refractivity contribution in [1.29, 1.82) is 0 Å². The van der Waals surface area contributed by atoms with Gasteiger partial charge in [0.2, 0.25) is 0 Å². The molecule has 0 radical (unpaired) electrons. The molecule has 0 saturated heterocycles. The van der Waals surface area contributed by atoms with Crippen LogP contribution in [0.2, 0.25) is 0 Å². The van der Waals surface area contributed by atoms with E-state index in [4.69, 9.17) is 9.11 Å². The Morgan fingerprint density at radius 1 is 0.818 bits per heavy atom. The third-order valence-corrected chi connectivity index (χ3v) is 3.68. The van der Waals surface area contributed by atoms with E-state index >= 15 is 0 Å². The summed E-state index contributed by atoms with van der Waals surface area (Å²) in [5, 5.41) is 6.04. The molecule has 4 N–H and O–H groups in total. The van der Waals surface area contributed by atoms with E-state index in [-0.39, 0.29) is 25.3 Å². The maximum absolute atomic E-state index is 10.5. The molecular weight excluding hydrogens is 340 g/mol. The van der Waals surface area contributed by atoms with Gasteiger partial charge in [-0.15, -0.1) is 0 Å². The zero-order chi connectivity index (χ0) is 17.2. The monoisotopic (exact) mass is 364 g/mol. The summed E-state index contributed by atoms with van der Waals surface area (Å²) in [6.45, 7) is 4.22. The molecule has 0 heterocycles. The Morgan fingerprint density at radius 3 is 1.36 bits per heavy atom. The lowest BCUT2D eigenvalue weighted by atomic mass is 10.2. The minimum Gasteiger partial charge on any atom is -0.310 e. The molecule has 0 amide bonds. The highest BCUT2D eigenvalue weighted by Crippen LogP contribution is 1.97. The Kier molecular flexibility index (Phi) is 10.3. The van der Waals surface area contributed by atoms with Crippen LogP contribution in [0.25, 0.3) is 0 Å². The first-order chi connectivity index (χ1) is 10.1. The van der Waals surface area contributed by atoms with Crippen LogP contribution in [0.3, 0.4) is 0 Å². The van der Waals surface area contributed by atoms with Gasteiger partial charge in [0.15, 0.2) is 0 Å². The summed E-state index contributed by atoms with van der Waals surface area (Å²) in [5.74, 6) is 0. The molecule has 0 aromatic carbocycles. The van der Waals surface area contributed by atoms with E-state index in [2.05, 4.69) is 19.0 Å². The summed E-state index contributed by atoms with van der Waals surface area (Å²) in [5.41, 5.74) is 0. The molecule has 0 bridgehead atoms. The highest BCUT2D eigenvalue weighted by molar-refractivity contribution is 7.81. The van der Waals surface area contributed by atoms with E-state index < -0.39 is 20.8 Å². The van der Waals surface area contributed by atoms with Crippen molar-refractivity contribution in [3.05, 3.63) is 0 Å². The van der Waals surface area contributed by atoms with E-state index in [1.165, 1.54) is 0 Å². The molecule has 134 valence electrons. The Bertz CT molecular complexity index is 447. The maximum atomic E-state index is 10.5. The van der Waals surface area contributed by atoms with Crippen LogP contribution in [-0.2, 0) is 29.2 Å². The summed E-state index contributed by atoms with van der Waals surface area (Å²) < 4.78 is 67.4. The van der Waals surface area contributed by atoms with Crippen molar-refractivity contribution >= 4 is 20.8 Å². The summed E-state index contributed by atoms with van der Waals surface area (Å²) in [7, 11) is -8.90.